The van der Waals surface area contributed by atoms with Crippen molar-refractivity contribution in [3.8, 4) is 5.75 Å². The van der Waals surface area contributed by atoms with Crippen molar-refractivity contribution in [1.82, 2.24) is 5.32 Å². The zero-order chi connectivity index (χ0) is 17.5. The summed E-state index contributed by atoms with van der Waals surface area (Å²) in [7, 11) is 0. The van der Waals surface area contributed by atoms with Gasteiger partial charge in [0.2, 0.25) is 0 Å². The van der Waals surface area contributed by atoms with Crippen molar-refractivity contribution >= 4 is 29.3 Å². The van der Waals surface area contributed by atoms with Crippen molar-refractivity contribution in [2.45, 2.75) is 30.6 Å². The lowest BCUT2D eigenvalue weighted by molar-refractivity contribution is -0.122. The lowest BCUT2D eigenvalue weighted by Gasteiger charge is -2.16. The first-order valence-electron chi connectivity index (χ1n) is 8.60. The number of rotatable bonds is 7. The monoisotopic (exact) mass is 375 g/mol. The Hall–Kier alpha value is -1.65. The van der Waals surface area contributed by atoms with E-state index in [1.165, 1.54) is 24.0 Å². The van der Waals surface area contributed by atoms with Gasteiger partial charge in [0.1, 0.15) is 5.75 Å². The molecule has 1 aliphatic rings. The van der Waals surface area contributed by atoms with Gasteiger partial charge in [-0.1, -0.05) is 17.7 Å². The van der Waals surface area contributed by atoms with Crippen LogP contribution in [0, 0.1) is 0 Å². The van der Waals surface area contributed by atoms with E-state index >= 15 is 0 Å². The molecule has 2 aromatic carbocycles. The number of carbonyl (C=O) groups is 1. The van der Waals surface area contributed by atoms with Crippen LogP contribution < -0.4 is 10.1 Å². The number of hydrogen-bond acceptors (Lipinski definition) is 3. The smallest absolute Gasteiger partial charge is 0.257 e. The van der Waals surface area contributed by atoms with Gasteiger partial charge in [0, 0.05) is 22.2 Å². The molecule has 1 amide bonds. The van der Waals surface area contributed by atoms with Crippen molar-refractivity contribution in [2.24, 2.45) is 0 Å². The number of carbonyl (C=O) groups excluding carboxylic acids is 1. The maximum atomic E-state index is 11.9. The van der Waals surface area contributed by atoms with Gasteiger partial charge in [0.05, 0.1) is 0 Å². The third kappa shape index (κ3) is 5.68. The molecule has 5 heteroatoms. The van der Waals surface area contributed by atoms with Crippen LogP contribution in [0.5, 0.6) is 5.75 Å². The zero-order valence-electron chi connectivity index (χ0n) is 14.1. The van der Waals surface area contributed by atoms with E-state index in [1.54, 1.807) is 11.8 Å². The number of amides is 1. The fraction of sp³-hybridized carbons (Fsp3) is 0.350. The Balaban J connectivity index is 1.36. The Morgan fingerprint density at radius 2 is 1.84 bits per heavy atom. The van der Waals surface area contributed by atoms with Crippen molar-refractivity contribution in [3.05, 3.63) is 58.6 Å². The van der Waals surface area contributed by atoms with E-state index in [0.717, 1.165) is 34.3 Å². The number of aryl methyl sites for hydroxylation is 2. The van der Waals surface area contributed by atoms with E-state index in [9.17, 15) is 4.79 Å². The second-order valence-corrected chi connectivity index (χ2v) is 7.68. The highest BCUT2D eigenvalue weighted by Gasteiger charge is 2.10. The molecule has 0 saturated carbocycles. The summed E-state index contributed by atoms with van der Waals surface area (Å²) in [5.74, 6) is 1.51. The summed E-state index contributed by atoms with van der Waals surface area (Å²) in [4.78, 5) is 13.0. The summed E-state index contributed by atoms with van der Waals surface area (Å²) < 4.78 is 5.63. The van der Waals surface area contributed by atoms with Gasteiger partial charge < -0.3 is 10.1 Å². The Morgan fingerprint density at radius 1 is 1.08 bits per heavy atom. The molecule has 0 unspecified atom stereocenters. The quantitative estimate of drug-likeness (QED) is 0.571. The molecular weight excluding hydrogens is 354 g/mol. The van der Waals surface area contributed by atoms with Crippen LogP contribution in [0.2, 0.25) is 5.02 Å². The number of benzene rings is 2. The molecule has 0 aromatic heterocycles. The molecule has 0 heterocycles. The number of nitrogens with one attached hydrogen (secondary N) is 1. The lowest BCUT2D eigenvalue weighted by atomic mass is 9.92. The Labute approximate surface area is 158 Å². The Morgan fingerprint density at radius 3 is 2.64 bits per heavy atom. The van der Waals surface area contributed by atoms with E-state index in [1.807, 2.05) is 30.3 Å². The summed E-state index contributed by atoms with van der Waals surface area (Å²) in [5.41, 5.74) is 2.78. The van der Waals surface area contributed by atoms with Crippen LogP contribution in [0.3, 0.4) is 0 Å². The highest BCUT2D eigenvalue weighted by molar-refractivity contribution is 7.99. The van der Waals surface area contributed by atoms with E-state index in [0.29, 0.717) is 6.54 Å². The van der Waals surface area contributed by atoms with Gasteiger partial charge in [0.15, 0.2) is 6.61 Å². The van der Waals surface area contributed by atoms with Crippen LogP contribution >= 0.6 is 23.4 Å². The van der Waals surface area contributed by atoms with Crippen molar-refractivity contribution in [1.29, 1.82) is 0 Å². The summed E-state index contributed by atoms with van der Waals surface area (Å²) in [6.07, 6.45) is 4.77. The minimum absolute atomic E-state index is 0.0599. The molecule has 3 nitrogen and oxygen atoms in total. The zero-order valence-corrected chi connectivity index (χ0v) is 15.7. The molecule has 1 aliphatic carbocycles. The minimum atomic E-state index is -0.0885. The number of halogens is 1. The molecule has 0 spiro atoms. The molecule has 0 saturated heterocycles. The summed E-state index contributed by atoms with van der Waals surface area (Å²) >= 11 is 7.55. The first kappa shape index (κ1) is 18.2. The van der Waals surface area contributed by atoms with Crippen LogP contribution in [0.1, 0.15) is 24.0 Å². The van der Waals surface area contributed by atoms with Gasteiger partial charge >= 0.3 is 0 Å². The van der Waals surface area contributed by atoms with Crippen molar-refractivity contribution < 1.29 is 9.53 Å². The Kier molecular flexibility index (Phi) is 6.65. The normalized spacial score (nSPS) is 13.2. The fourth-order valence-corrected chi connectivity index (χ4v) is 3.78. The molecular formula is C20H22ClNO2S. The fourth-order valence-electron chi connectivity index (χ4n) is 2.89. The average Bonchev–Trinajstić information content (AvgIpc) is 2.65. The number of hydrogen-bond donors (Lipinski definition) is 1. The summed E-state index contributed by atoms with van der Waals surface area (Å²) in [6, 6.07) is 13.9. The van der Waals surface area contributed by atoms with Gasteiger partial charge in [-0.2, -0.15) is 0 Å². The summed E-state index contributed by atoms with van der Waals surface area (Å²) in [6.45, 7) is 0.671. The highest BCUT2D eigenvalue weighted by atomic mass is 35.5. The van der Waals surface area contributed by atoms with Crippen LogP contribution in [-0.2, 0) is 17.6 Å². The number of thioether (sulfide) groups is 1. The van der Waals surface area contributed by atoms with Crippen LogP contribution in [-0.4, -0.2) is 24.8 Å². The van der Waals surface area contributed by atoms with Gasteiger partial charge in [-0.3, -0.25) is 4.79 Å². The molecule has 0 fully saturated rings. The van der Waals surface area contributed by atoms with Crippen LogP contribution in [0.15, 0.2) is 47.4 Å². The van der Waals surface area contributed by atoms with E-state index in [2.05, 4.69) is 17.4 Å². The maximum Gasteiger partial charge on any atom is 0.257 e. The largest absolute Gasteiger partial charge is 0.484 e. The first-order chi connectivity index (χ1) is 12.2. The van der Waals surface area contributed by atoms with E-state index in [4.69, 9.17) is 16.3 Å². The SMILES string of the molecule is O=C(COc1ccc2c(c1)CCCC2)NCCSc1ccc(Cl)cc1. The molecule has 0 atom stereocenters. The first-order valence-corrected chi connectivity index (χ1v) is 9.97. The predicted molar refractivity (Wildman–Crippen MR) is 104 cm³/mol. The number of fused-ring (bicyclic) bond motifs is 1. The average molecular weight is 376 g/mol. The molecule has 3 rings (SSSR count). The van der Waals surface area contributed by atoms with Crippen LogP contribution in [0.25, 0.3) is 0 Å². The molecule has 132 valence electrons. The lowest BCUT2D eigenvalue weighted by Crippen LogP contribution is -2.30. The standard InChI is InChI=1S/C20H22ClNO2S/c21-17-6-9-19(10-7-17)25-12-11-22-20(23)14-24-18-8-5-15-3-1-2-4-16(15)13-18/h5-10,13H,1-4,11-12,14H2,(H,22,23). The molecule has 0 radical (unpaired) electrons. The Bertz CT molecular complexity index is 718. The van der Waals surface area contributed by atoms with Gasteiger partial charge in [-0.05, 0) is 73.2 Å². The molecule has 2 aromatic rings. The molecule has 0 aliphatic heterocycles. The maximum absolute atomic E-state index is 11.9. The third-order valence-corrected chi connectivity index (χ3v) is 5.46. The summed E-state index contributed by atoms with van der Waals surface area (Å²) in [5, 5.41) is 3.62. The topological polar surface area (TPSA) is 38.3 Å². The third-order valence-electron chi connectivity index (χ3n) is 4.20. The van der Waals surface area contributed by atoms with Gasteiger partial charge in [-0.15, -0.1) is 11.8 Å². The molecule has 25 heavy (non-hydrogen) atoms. The molecule has 0 bridgehead atoms. The second kappa shape index (κ2) is 9.16. The predicted octanol–water partition coefficient (Wildman–Crippen LogP) is 4.51. The van der Waals surface area contributed by atoms with E-state index < -0.39 is 0 Å². The van der Waals surface area contributed by atoms with Crippen molar-refractivity contribution in [2.75, 3.05) is 18.9 Å². The van der Waals surface area contributed by atoms with Crippen molar-refractivity contribution in [3.63, 3.8) is 0 Å². The number of ether oxygens (including phenoxy) is 1. The van der Waals surface area contributed by atoms with Crippen LogP contribution in [0.4, 0.5) is 0 Å². The van der Waals surface area contributed by atoms with Gasteiger partial charge in [-0.25, -0.2) is 0 Å². The minimum Gasteiger partial charge on any atom is -0.484 e. The van der Waals surface area contributed by atoms with E-state index in [-0.39, 0.29) is 12.5 Å². The van der Waals surface area contributed by atoms with Gasteiger partial charge in [0.25, 0.3) is 5.91 Å². The molecule has 1 N–H and O–H groups in total. The highest BCUT2D eigenvalue weighted by Crippen LogP contribution is 2.25. The second-order valence-electron chi connectivity index (χ2n) is 6.08.